The molecule has 3 aliphatic rings. The molecule has 1 aromatic heterocycles. The molecule has 4 heterocycles. The molecule has 38 heavy (non-hydrogen) atoms. The number of phenols is 1. The molecule has 2 fully saturated rings. The summed E-state index contributed by atoms with van der Waals surface area (Å²) in [7, 11) is 2.08. The molecule has 1 amide bonds. The largest absolute Gasteiger partial charge is 0.508 e. The topological polar surface area (TPSA) is 129 Å². The van der Waals surface area contributed by atoms with Gasteiger partial charge in [-0.15, -0.1) is 0 Å². The van der Waals surface area contributed by atoms with Gasteiger partial charge in [-0.25, -0.2) is 9.18 Å². The summed E-state index contributed by atoms with van der Waals surface area (Å²) in [6.45, 7) is 3.70. The summed E-state index contributed by atoms with van der Waals surface area (Å²) in [6.07, 6.45) is 1.21. The summed E-state index contributed by atoms with van der Waals surface area (Å²) in [4.78, 5) is 28.8. The number of rotatable bonds is 7. The van der Waals surface area contributed by atoms with E-state index in [9.17, 15) is 24.7 Å². The molecular weight excluding hydrogens is 493 g/mol. The molecule has 2 saturated heterocycles. The molecule has 3 aliphatic heterocycles. The second kappa shape index (κ2) is 11.0. The van der Waals surface area contributed by atoms with Crippen molar-refractivity contribution in [3.8, 4) is 17.8 Å². The van der Waals surface area contributed by atoms with Gasteiger partial charge >= 0.3 is 12.1 Å². The molecule has 2 N–H and O–H groups in total. The van der Waals surface area contributed by atoms with Crippen LogP contribution >= 0.6 is 0 Å². The monoisotopic (exact) mass is 525 g/mol. The van der Waals surface area contributed by atoms with Crippen LogP contribution in [-0.4, -0.2) is 92.9 Å². The van der Waals surface area contributed by atoms with Gasteiger partial charge < -0.3 is 29.6 Å². The Bertz CT molecular complexity index is 1240. The number of benzene rings is 1. The van der Waals surface area contributed by atoms with E-state index < -0.39 is 12.1 Å². The van der Waals surface area contributed by atoms with Crippen LogP contribution in [-0.2, 0) is 19.6 Å². The van der Waals surface area contributed by atoms with Crippen molar-refractivity contribution >= 4 is 11.9 Å². The van der Waals surface area contributed by atoms with Gasteiger partial charge in [-0.3, -0.25) is 4.90 Å². The van der Waals surface area contributed by atoms with Gasteiger partial charge in [0.15, 0.2) is 0 Å². The molecule has 5 rings (SSSR count). The lowest BCUT2D eigenvalue weighted by Gasteiger charge is -2.40. The number of carbonyl (C=O) groups is 1. The number of hydrogen-bond donors (Lipinski definition) is 2. The van der Waals surface area contributed by atoms with Crippen LogP contribution in [0, 0.1) is 17.1 Å². The highest BCUT2D eigenvalue weighted by Gasteiger charge is 2.35. The van der Waals surface area contributed by atoms with E-state index in [1.807, 2.05) is 9.80 Å². The lowest BCUT2D eigenvalue weighted by molar-refractivity contribution is 0.119. The molecule has 202 valence electrons. The number of ether oxygens (including phenoxy) is 1. The molecule has 2 atom stereocenters. The number of fused-ring (bicyclic) bond motifs is 1. The molecular formula is C26H32FN7O4. The summed E-state index contributed by atoms with van der Waals surface area (Å²) in [5.41, 5.74) is 2.05. The number of amides is 1. The van der Waals surface area contributed by atoms with E-state index in [1.165, 1.54) is 23.1 Å². The number of aromatic nitrogens is 2. The number of halogens is 1. The lowest BCUT2D eigenvalue weighted by atomic mass is 10.1. The average Bonchev–Trinajstić information content (AvgIpc) is 3.49. The maximum Gasteiger partial charge on any atom is 0.407 e. The third-order valence-electron chi connectivity index (χ3n) is 7.66. The summed E-state index contributed by atoms with van der Waals surface area (Å²) >= 11 is 0. The predicted octanol–water partition coefficient (Wildman–Crippen LogP) is 2.39. The quantitative estimate of drug-likeness (QED) is 0.556. The zero-order valence-electron chi connectivity index (χ0n) is 21.4. The van der Waals surface area contributed by atoms with E-state index in [1.54, 1.807) is 0 Å². The van der Waals surface area contributed by atoms with Crippen LogP contribution in [0.4, 0.5) is 15.0 Å². The zero-order chi connectivity index (χ0) is 26.8. The number of likely N-dealkylation sites (tertiary alicyclic amines) is 1. The van der Waals surface area contributed by atoms with Crippen molar-refractivity contribution in [1.82, 2.24) is 24.7 Å². The zero-order valence-corrected chi connectivity index (χ0v) is 21.4. The van der Waals surface area contributed by atoms with Gasteiger partial charge in [0, 0.05) is 56.4 Å². The van der Waals surface area contributed by atoms with Crippen LogP contribution < -0.4 is 9.64 Å². The number of piperazine rings is 1. The maximum atomic E-state index is 14.4. The Hall–Kier alpha value is -3.69. The number of hydrogen-bond acceptors (Lipinski definition) is 9. The summed E-state index contributed by atoms with van der Waals surface area (Å²) in [6, 6.07) is 6.18. The van der Waals surface area contributed by atoms with Crippen molar-refractivity contribution in [3.05, 3.63) is 40.8 Å². The van der Waals surface area contributed by atoms with Crippen molar-refractivity contribution in [2.45, 2.75) is 51.0 Å². The molecule has 12 heteroatoms. The minimum Gasteiger partial charge on any atom is -0.508 e. The van der Waals surface area contributed by atoms with E-state index in [-0.39, 0.29) is 37.1 Å². The van der Waals surface area contributed by atoms with Crippen LogP contribution in [0.2, 0.25) is 0 Å². The third kappa shape index (κ3) is 5.44. The van der Waals surface area contributed by atoms with E-state index in [2.05, 4.69) is 18.0 Å². The van der Waals surface area contributed by atoms with Gasteiger partial charge in [-0.1, -0.05) is 0 Å². The van der Waals surface area contributed by atoms with Crippen molar-refractivity contribution < 1.29 is 24.1 Å². The second-order valence-corrected chi connectivity index (χ2v) is 10.2. The second-order valence-electron chi connectivity index (χ2n) is 10.2. The smallest absolute Gasteiger partial charge is 0.407 e. The molecule has 1 aromatic carbocycles. The van der Waals surface area contributed by atoms with Crippen LogP contribution in [0.5, 0.6) is 11.8 Å². The predicted molar refractivity (Wildman–Crippen MR) is 135 cm³/mol. The number of nitriles is 1. The fourth-order valence-electron chi connectivity index (χ4n) is 5.58. The molecule has 0 bridgehead atoms. The minimum absolute atomic E-state index is 0.00555. The van der Waals surface area contributed by atoms with Gasteiger partial charge in [0.2, 0.25) is 0 Å². The van der Waals surface area contributed by atoms with Crippen molar-refractivity contribution in [2.75, 3.05) is 44.7 Å². The fraction of sp³-hybridized carbons (Fsp3) is 0.538. The summed E-state index contributed by atoms with van der Waals surface area (Å²) in [5.74, 6) is 0.279. The first kappa shape index (κ1) is 25.9. The van der Waals surface area contributed by atoms with E-state index >= 15 is 0 Å². The van der Waals surface area contributed by atoms with Crippen molar-refractivity contribution in [3.63, 3.8) is 0 Å². The molecule has 2 aromatic rings. The fourth-order valence-corrected chi connectivity index (χ4v) is 5.58. The van der Waals surface area contributed by atoms with Gasteiger partial charge in [-0.05, 0) is 44.6 Å². The van der Waals surface area contributed by atoms with Crippen LogP contribution in [0.25, 0.3) is 0 Å². The number of phenolic OH excluding ortho intramolecular Hbond substituents is 1. The Morgan fingerprint density at radius 1 is 1.24 bits per heavy atom. The lowest BCUT2D eigenvalue weighted by Crippen LogP contribution is -2.55. The van der Waals surface area contributed by atoms with Crippen molar-refractivity contribution in [2.24, 2.45) is 0 Å². The molecule has 0 radical (unpaired) electrons. The highest BCUT2D eigenvalue weighted by Crippen LogP contribution is 2.34. The average molecular weight is 526 g/mol. The first-order valence-corrected chi connectivity index (χ1v) is 12.9. The SMILES string of the molecule is CN1CCCC1COc1nc2c(c(N3CCN(C(=O)O)C(CC#N)C3)n1)CN(Cc1cc(O)ccc1F)C2. The number of carboxylic acid groups (broad SMARTS) is 1. The van der Waals surface area contributed by atoms with E-state index in [0.717, 1.165) is 30.6 Å². The molecule has 0 aliphatic carbocycles. The Balaban J connectivity index is 1.41. The van der Waals surface area contributed by atoms with Crippen molar-refractivity contribution in [1.29, 1.82) is 5.26 Å². The van der Waals surface area contributed by atoms with E-state index in [4.69, 9.17) is 14.7 Å². The maximum absolute atomic E-state index is 14.4. The first-order valence-electron chi connectivity index (χ1n) is 12.9. The molecule has 2 unspecified atom stereocenters. The van der Waals surface area contributed by atoms with Crippen LogP contribution in [0.1, 0.15) is 36.1 Å². The van der Waals surface area contributed by atoms with Gasteiger partial charge in [0.25, 0.3) is 0 Å². The Labute approximate surface area is 220 Å². The summed E-state index contributed by atoms with van der Waals surface area (Å²) in [5, 5.41) is 28.7. The number of likely N-dealkylation sites (N-methyl/N-ethyl adjacent to an activating group) is 1. The Kier molecular flexibility index (Phi) is 7.49. The van der Waals surface area contributed by atoms with E-state index in [0.29, 0.717) is 50.2 Å². The normalized spacial score (nSPS) is 21.9. The third-order valence-corrected chi connectivity index (χ3v) is 7.66. The van der Waals surface area contributed by atoms with Gasteiger partial charge in [0.1, 0.15) is 24.0 Å². The summed E-state index contributed by atoms with van der Waals surface area (Å²) < 4.78 is 20.5. The number of anilines is 1. The Morgan fingerprint density at radius 3 is 2.82 bits per heavy atom. The minimum atomic E-state index is -1.04. The Morgan fingerprint density at radius 2 is 2.08 bits per heavy atom. The van der Waals surface area contributed by atoms with Gasteiger partial charge in [-0.2, -0.15) is 15.2 Å². The highest BCUT2D eigenvalue weighted by molar-refractivity contribution is 5.66. The highest BCUT2D eigenvalue weighted by atomic mass is 19.1. The molecule has 0 spiro atoms. The van der Waals surface area contributed by atoms with Crippen LogP contribution in [0.3, 0.4) is 0 Å². The molecule has 11 nitrogen and oxygen atoms in total. The van der Waals surface area contributed by atoms with Gasteiger partial charge in [0.05, 0.1) is 24.2 Å². The number of nitrogens with zero attached hydrogens (tertiary/aromatic N) is 7. The van der Waals surface area contributed by atoms with Crippen LogP contribution in [0.15, 0.2) is 18.2 Å². The number of aromatic hydroxyl groups is 1. The molecule has 0 saturated carbocycles. The first-order chi connectivity index (χ1) is 18.3. The standard InChI is InChI=1S/C26H32FN7O4/c1-31-8-2-3-19(31)16-38-25-29-23-15-32(12-17-11-20(35)4-5-22(17)27)14-21(23)24(30-25)33-9-10-34(26(36)37)18(13-33)6-7-28/h4-5,11,18-19,35H,2-3,6,8-10,12-16H2,1H3,(H,36,37).